The summed E-state index contributed by atoms with van der Waals surface area (Å²) in [7, 11) is 0. The van der Waals surface area contributed by atoms with Crippen molar-refractivity contribution in [1.29, 1.82) is 0 Å². The predicted octanol–water partition coefficient (Wildman–Crippen LogP) is 3.92. The number of esters is 1. The molecule has 30 heavy (non-hydrogen) atoms. The zero-order valence-corrected chi connectivity index (χ0v) is 19.4. The van der Waals surface area contributed by atoms with E-state index in [0.717, 1.165) is 16.7 Å². The fraction of sp³-hybridized carbons (Fsp3) is 0.350. The molecular formula is C20H24Cl4N2O4. The van der Waals surface area contributed by atoms with Crippen molar-refractivity contribution in [2.24, 2.45) is 11.5 Å². The van der Waals surface area contributed by atoms with Crippen LogP contribution in [0.25, 0.3) is 0 Å². The van der Waals surface area contributed by atoms with E-state index in [-0.39, 0.29) is 55.3 Å². The Kier molecular flexibility index (Phi) is 10.0. The van der Waals surface area contributed by atoms with E-state index in [4.69, 9.17) is 44.1 Å². The number of rotatable bonds is 6. The number of phenolic OH excluding ortho intramolecular Hbond substituents is 1. The molecule has 6 nitrogen and oxygen atoms in total. The van der Waals surface area contributed by atoms with E-state index in [1.54, 1.807) is 6.92 Å². The van der Waals surface area contributed by atoms with Crippen molar-refractivity contribution in [3.8, 4) is 11.5 Å². The van der Waals surface area contributed by atoms with Crippen molar-refractivity contribution in [3.05, 3.63) is 56.1 Å². The minimum absolute atomic E-state index is 0. The number of benzene rings is 2. The molecule has 1 aliphatic heterocycles. The highest BCUT2D eigenvalue weighted by molar-refractivity contribution is 6.43. The van der Waals surface area contributed by atoms with Gasteiger partial charge in [0.2, 0.25) is 0 Å². The lowest BCUT2D eigenvalue weighted by Crippen LogP contribution is -2.27. The van der Waals surface area contributed by atoms with Crippen LogP contribution in [0.4, 0.5) is 0 Å². The van der Waals surface area contributed by atoms with Gasteiger partial charge in [0.15, 0.2) is 6.10 Å². The average Bonchev–Trinajstić information content (AvgIpc) is 3.11. The van der Waals surface area contributed by atoms with Crippen LogP contribution in [0.3, 0.4) is 0 Å². The minimum atomic E-state index is -0.722. The third-order valence-corrected chi connectivity index (χ3v) is 5.58. The molecule has 0 fully saturated rings. The zero-order valence-electron chi connectivity index (χ0n) is 16.2. The Labute approximate surface area is 197 Å². The first-order valence-electron chi connectivity index (χ1n) is 8.96. The van der Waals surface area contributed by atoms with Gasteiger partial charge in [-0.25, -0.2) is 4.79 Å². The van der Waals surface area contributed by atoms with E-state index in [0.29, 0.717) is 34.7 Å². The van der Waals surface area contributed by atoms with E-state index in [2.05, 4.69) is 0 Å². The molecule has 166 valence electrons. The van der Waals surface area contributed by atoms with Gasteiger partial charge in [-0.2, -0.15) is 0 Å². The van der Waals surface area contributed by atoms with E-state index in [1.807, 2.05) is 18.2 Å². The molecule has 0 bridgehead atoms. The van der Waals surface area contributed by atoms with Crippen LogP contribution in [0.2, 0.25) is 10.0 Å². The lowest BCUT2D eigenvalue weighted by Gasteiger charge is -2.14. The van der Waals surface area contributed by atoms with E-state index in [9.17, 15) is 9.90 Å². The number of fused-ring (bicyclic) bond motifs is 1. The molecule has 0 spiro atoms. The predicted molar refractivity (Wildman–Crippen MR) is 122 cm³/mol. The second kappa shape index (κ2) is 11.3. The molecule has 0 saturated carbocycles. The summed E-state index contributed by atoms with van der Waals surface area (Å²) in [6.45, 7) is 2.41. The summed E-state index contributed by atoms with van der Waals surface area (Å²) < 4.78 is 10.7. The minimum Gasteiger partial charge on any atom is -0.507 e. The number of ether oxygens (including phenoxy) is 2. The maximum Gasteiger partial charge on any atom is 0.347 e. The Morgan fingerprint density at radius 1 is 1.13 bits per heavy atom. The summed E-state index contributed by atoms with van der Waals surface area (Å²) >= 11 is 12.9. The molecule has 3 rings (SSSR count). The molecule has 1 unspecified atom stereocenters. The largest absolute Gasteiger partial charge is 0.507 e. The zero-order chi connectivity index (χ0) is 20.4. The topological polar surface area (TPSA) is 108 Å². The van der Waals surface area contributed by atoms with Crippen molar-refractivity contribution in [2.75, 3.05) is 6.61 Å². The number of nitrogens with two attached hydrogens (primary N) is 2. The SMILES string of the molecule is CCOC(=O)C1Cc2cc(Cc3cc(CN)c(O)c(CN)c3)c(Cl)c(Cl)c2O1.Cl.Cl. The summed E-state index contributed by atoms with van der Waals surface area (Å²) in [4.78, 5) is 12.0. The average molecular weight is 498 g/mol. The van der Waals surface area contributed by atoms with Gasteiger partial charge in [0.05, 0.1) is 11.6 Å². The molecule has 1 atom stereocenters. The highest BCUT2D eigenvalue weighted by Gasteiger charge is 2.33. The van der Waals surface area contributed by atoms with E-state index >= 15 is 0 Å². The van der Waals surface area contributed by atoms with Gasteiger partial charge in [0.1, 0.15) is 16.5 Å². The first-order valence-corrected chi connectivity index (χ1v) is 9.71. The molecule has 0 aliphatic carbocycles. The quantitative estimate of drug-likeness (QED) is 0.522. The van der Waals surface area contributed by atoms with Gasteiger partial charge in [0, 0.05) is 36.2 Å². The number of carbonyl (C=O) groups is 1. The second-order valence-electron chi connectivity index (χ2n) is 6.56. The van der Waals surface area contributed by atoms with E-state index in [1.165, 1.54) is 0 Å². The molecule has 1 heterocycles. The molecule has 0 saturated heterocycles. The van der Waals surface area contributed by atoms with Gasteiger partial charge in [0.25, 0.3) is 0 Å². The summed E-state index contributed by atoms with van der Waals surface area (Å²) in [6, 6.07) is 5.54. The van der Waals surface area contributed by atoms with Gasteiger partial charge in [-0.3, -0.25) is 0 Å². The van der Waals surface area contributed by atoms with Crippen LogP contribution >= 0.6 is 48.0 Å². The van der Waals surface area contributed by atoms with Gasteiger partial charge in [-0.1, -0.05) is 41.4 Å². The van der Waals surface area contributed by atoms with Crippen LogP contribution in [-0.2, 0) is 35.5 Å². The lowest BCUT2D eigenvalue weighted by molar-refractivity contribution is -0.150. The van der Waals surface area contributed by atoms with Gasteiger partial charge in [-0.15, -0.1) is 24.8 Å². The standard InChI is InChI=1S/C20H22Cl2N2O4.2ClH/c1-2-27-20(26)15-7-12-6-11(16(21)17(22)19(12)28-15)3-10-4-13(8-23)18(25)14(5-10)9-24;;/h4-6,15,25H,2-3,7-9,23-24H2,1H3;2*1H. The second-order valence-corrected chi connectivity index (χ2v) is 7.32. The number of halogens is 4. The van der Waals surface area contributed by atoms with Gasteiger partial charge in [-0.05, 0) is 24.5 Å². The van der Waals surface area contributed by atoms with Crippen molar-refractivity contribution >= 4 is 54.0 Å². The Balaban J connectivity index is 0.00000225. The van der Waals surface area contributed by atoms with Crippen LogP contribution < -0.4 is 16.2 Å². The highest BCUT2D eigenvalue weighted by Crippen LogP contribution is 2.43. The van der Waals surface area contributed by atoms with Gasteiger partial charge < -0.3 is 26.0 Å². The van der Waals surface area contributed by atoms with Gasteiger partial charge >= 0.3 is 5.97 Å². The molecule has 0 aromatic heterocycles. The fourth-order valence-electron chi connectivity index (χ4n) is 3.34. The summed E-state index contributed by atoms with van der Waals surface area (Å²) in [5.74, 6) is 0.119. The Hall–Kier alpha value is -1.41. The summed E-state index contributed by atoms with van der Waals surface area (Å²) in [5, 5.41) is 10.8. The molecule has 0 radical (unpaired) electrons. The maximum atomic E-state index is 12.0. The van der Waals surface area contributed by atoms with Crippen molar-refractivity contribution in [1.82, 2.24) is 0 Å². The molecule has 2 aromatic rings. The smallest absolute Gasteiger partial charge is 0.347 e. The number of phenols is 1. The molecule has 10 heteroatoms. The third-order valence-electron chi connectivity index (χ3n) is 4.69. The normalized spacial score (nSPS) is 14.2. The molecule has 5 N–H and O–H groups in total. The van der Waals surface area contributed by atoms with Crippen LogP contribution in [0.1, 0.15) is 34.7 Å². The first-order chi connectivity index (χ1) is 13.4. The van der Waals surface area contributed by atoms with E-state index < -0.39 is 12.1 Å². The molecule has 2 aromatic carbocycles. The number of aromatic hydroxyl groups is 1. The number of carbonyl (C=O) groups excluding carboxylic acids is 1. The molecular weight excluding hydrogens is 474 g/mol. The van der Waals surface area contributed by atoms with Crippen molar-refractivity contribution in [2.45, 2.75) is 39.0 Å². The van der Waals surface area contributed by atoms with Crippen LogP contribution in [0.15, 0.2) is 18.2 Å². The van der Waals surface area contributed by atoms with Crippen molar-refractivity contribution < 1.29 is 19.4 Å². The third kappa shape index (κ3) is 5.25. The van der Waals surface area contributed by atoms with Crippen LogP contribution in [-0.4, -0.2) is 23.8 Å². The summed E-state index contributed by atoms with van der Waals surface area (Å²) in [6.07, 6.45) is 0.117. The van der Waals surface area contributed by atoms with Crippen molar-refractivity contribution in [3.63, 3.8) is 0 Å². The number of hydrogen-bond donors (Lipinski definition) is 3. The molecule has 0 amide bonds. The fourth-order valence-corrected chi connectivity index (χ4v) is 3.84. The Morgan fingerprint density at radius 2 is 1.73 bits per heavy atom. The monoisotopic (exact) mass is 496 g/mol. The Morgan fingerprint density at radius 3 is 2.27 bits per heavy atom. The first kappa shape index (κ1) is 26.6. The van der Waals surface area contributed by atoms with Crippen LogP contribution in [0.5, 0.6) is 11.5 Å². The highest BCUT2D eigenvalue weighted by atomic mass is 35.5. The maximum absolute atomic E-state index is 12.0. The summed E-state index contributed by atoms with van der Waals surface area (Å²) in [5.41, 5.74) is 15.2. The molecule has 1 aliphatic rings. The Bertz CT molecular complexity index is 899. The van der Waals surface area contributed by atoms with Crippen LogP contribution in [0, 0.1) is 0 Å². The number of hydrogen-bond acceptors (Lipinski definition) is 6. The lowest BCUT2D eigenvalue weighted by atomic mass is 9.97.